The number of aliphatic hydroxyl groups is 1. The zero-order chi connectivity index (χ0) is 15.1. The van der Waals surface area contributed by atoms with Crippen molar-refractivity contribution in [2.45, 2.75) is 32.9 Å². The van der Waals surface area contributed by atoms with Gasteiger partial charge in [0.05, 0.1) is 6.61 Å². The maximum Gasteiger partial charge on any atom is 0.220 e. The highest BCUT2D eigenvalue weighted by Gasteiger charge is 2.04. The molecule has 110 valence electrons. The number of aliphatic hydroxyl groups excluding tert-OH is 1. The molecule has 3 heteroatoms. The fourth-order valence-corrected chi connectivity index (χ4v) is 2.27. The lowest BCUT2D eigenvalue weighted by atomic mass is 10.0. The minimum absolute atomic E-state index is 0.0229. The van der Waals surface area contributed by atoms with Crippen LogP contribution in [-0.4, -0.2) is 11.0 Å². The SMILES string of the molecule is Cc1ccccc1CCC(=O)NCc1cccc(CO)c1. The van der Waals surface area contributed by atoms with Crippen LogP contribution in [0.2, 0.25) is 0 Å². The fraction of sp³-hybridized carbons (Fsp3) is 0.278. The molecule has 0 fully saturated rings. The fourth-order valence-electron chi connectivity index (χ4n) is 2.27. The molecule has 2 aromatic carbocycles. The Labute approximate surface area is 125 Å². The number of nitrogens with one attached hydrogen (secondary N) is 1. The predicted octanol–water partition coefficient (Wildman–Crippen LogP) is 2.74. The molecular formula is C18H21NO2. The number of carbonyl (C=O) groups excluding carboxylic acids is 1. The summed E-state index contributed by atoms with van der Waals surface area (Å²) in [5, 5.41) is 12.0. The third-order valence-electron chi connectivity index (χ3n) is 3.55. The van der Waals surface area contributed by atoms with Gasteiger partial charge in [0.15, 0.2) is 0 Å². The molecule has 3 nitrogen and oxygen atoms in total. The zero-order valence-electron chi connectivity index (χ0n) is 12.3. The van der Waals surface area contributed by atoms with Crippen LogP contribution >= 0.6 is 0 Å². The van der Waals surface area contributed by atoms with Crippen LogP contribution < -0.4 is 5.32 Å². The van der Waals surface area contributed by atoms with E-state index >= 15 is 0 Å². The quantitative estimate of drug-likeness (QED) is 0.856. The van der Waals surface area contributed by atoms with Crippen molar-refractivity contribution in [2.75, 3.05) is 0 Å². The Balaban J connectivity index is 1.81. The van der Waals surface area contributed by atoms with E-state index in [-0.39, 0.29) is 12.5 Å². The first-order valence-electron chi connectivity index (χ1n) is 7.19. The highest BCUT2D eigenvalue weighted by molar-refractivity contribution is 5.76. The average Bonchev–Trinajstić information content (AvgIpc) is 2.52. The van der Waals surface area contributed by atoms with Crippen LogP contribution in [0.5, 0.6) is 0 Å². The zero-order valence-corrected chi connectivity index (χ0v) is 12.3. The number of amides is 1. The topological polar surface area (TPSA) is 49.3 Å². The second-order valence-electron chi connectivity index (χ2n) is 5.18. The first-order chi connectivity index (χ1) is 10.2. The number of rotatable bonds is 6. The molecule has 0 spiro atoms. The van der Waals surface area contributed by atoms with Gasteiger partial charge in [-0.05, 0) is 35.6 Å². The van der Waals surface area contributed by atoms with Crippen molar-refractivity contribution < 1.29 is 9.90 Å². The van der Waals surface area contributed by atoms with E-state index < -0.39 is 0 Å². The molecule has 0 saturated heterocycles. The van der Waals surface area contributed by atoms with Gasteiger partial charge in [0.1, 0.15) is 0 Å². The van der Waals surface area contributed by atoms with Crippen molar-refractivity contribution in [1.82, 2.24) is 5.32 Å². The summed E-state index contributed by atoms with van der Waals surface area (Å²) in [5.74, 6) is 0.0488. The van der Waals surface area contributed by atoms with Crippen LogP contribution in [0.4, 0.5) is 0 Å². The van der Waals surface area contributed by atoms with E-state index in [1.54, 1.807) is 0 Å². The van der Waals surface area contributed by atoms with Crippen molar-refractivity contribution in [1.29, 1.82) is 0 Å². The molecule has 2 rings (SSSR count). The number of aryl methyl sites for hydroxylation is 2. The van der Waals surface area contributed by atoms with Gasteiger partial charge in [-0.2, -0.15) is 0 Å². The summed E-state index contributed by atoms with van der Waals surface area (Å²) in [6.45, 7) is 2.59. The molecule has 0 aromatic heterocycles. The standard InChI is InChI=1S/C18H21NO2/c1-14-5-2-3-8-17(14)9-10-18(21)19-12-15-6-4-7-16(11-15)13-20/h2-8,11,20H,9-10,12-13H2,1H3,(H,19,21). The monoisotopic (exact) mass is 283 g/mol. The molecule has 0 saturated carbocycles. The Morgan fingerprint density at radius 2 is 1.86 bits per heavy atom. The first kappa shape index (κ1) is 15.3. The number of benzene rings is 2. The van der Waals surface area contributed by atoms with Gasteiger partial charge in [-0.1, -0.05) is 48.5 Å². The van der Waals surface area contributed by atoms with Crippen LogP contribution in [0, 0.1) is 6.92 Å². The lowest BCUT2D eigenvalue weighted by Gasteiger charge is -2.08. The van der Waals surface area contributed by atoms with Crippen molar-refractivity contribution in [3.05, 3.63) is 70.8 Å². The Kier molecular flexibility index (Phi) is 5.52. The van der Waals surface area contributed by atoms with Crippen LogP contribution in [0.25, 0.3) is 0 Å². The lowest BCUT2D eigenvalue weighted by Crippen LogP contribution is -2.23. The number of hydrogen-bond donors (Lipinski definition) is 2. The largest absolute Gasteiger partial charge is 0.392 e. The van der Waals surface area contributed by atoms with Gasteiger partial charge in [0, 0.05) is 13.0 Å². The Bertz CT molecular complexity index is 608. The highest BCUT2D eigenvalue weighted by Crippen LogP contribution is 2.09. The number of carbonyl (C=O) groups is 1. The molecule has 0 aliphatic carbocycles. The first-order valence-corrected chi connectivity index (χ1v) is 7.19. The smallest absolute Gasteiger partial charge is 0.220 e. The van der Waals surface area contributed by atoms with Gasteiger partial charge in [0.2, 0.25) is 5.91 Å². The van der Waals surface area contributed by atoms with Gasteiger partial charge in [-0.15, -0.1) is 0 Å². The van der Waals surface area contributed by atoms with E-state index in [4.69, 9.17) is 5.11 Å². The molecule has 0 aliphatic heterocycles. The molecule has 0 unspecified atom stereocenters. The van der Waals surface area contributed by atoms with Gasteiger partial charge in [-0.25, -0.2) is 0 Å². The maximum atomic E-state index is 11.9. The van der Waals surface area contributed by atoms with Crippen molar-refractivity contribution in [3.8, 4) is 0 Å². The molecule has 0 radical (unpaired) electrons. The van der Waals surface area contributed by atoms with Crippen LogP contribution in [0.15, 0.2) is 48.5 Å². The Morgan fingerprint density at radius 3 is 2.62 bits per heavy atom. The molecule has 2 N–H and O–H groups in total. The normalized spacial score (nSPS) is 10.4. The van der Waals surface area contributed by atoms with Crippen LogP contribution in [0.1, 0.15) is 28.7 Å². The minimum Gasteiger partial charge on any atom is -0.392 e. The van der Waals surface area contributed by atoms with Gasteiger partial charge in [-0.3, -0.25) is 4.79 Å². The molecule has 0 atom stereocenters. The van der Waals surface area contributed by atoms with Crippen LogP contribution in [-0.2, 0) is 24.4 Å². The second-order valence-corrected chi connectivity index (χ2v) is 5.18. The van der Waals surface area contributed by atoms with Crippen molar-refractivity contribution >= 4 is 5.91 Å². The third kappa shape index (κ3) is 4.72. The second kappa shape index (κ2) is 7.60. The summed E-state index contributed by atoms with van der Waals surface area (Å²) in [7, 11) is 0. The summed E-state index contributed by atoms with van der Waals surface area (Å²) in [6, 6.07) is 15.7. The molecule has 1 amide bonds. The average molecular weight is 283 g/mol. The lowest BCUT2D eigenvalue weighted by molar-refractivity contribution is -0.121. The van der Waals surface area contributed by atoms with Crippen molar-refractivity contribution in [3.63, 3.8) is 0 Å². The molecule has 21 heavy (non-hydrogen) atoms. The summed E-state index contributed by atoms with van der Waals surface area (Å²) in [4.78, 5) is 11.9. The molecule has 0 heterocycles. The molecule has 0 aliphatic rings. The third-order valence-corrected chi connectivity index (χ3v) is 3.55. The minimum atomic E-state index is 0.0229. The van der Waals surface area contributed by atoms with Crippen LogP contribution in [0.3, 0.4) is 0 Å². The maximum absolute atomic E-state index is 11.9. The molecular weight excluding hydrogens is 262 g/mol. The van der Waals surface area contributed by atoms with E-state index in [0.717, 1.165) is 17.5 Å². The van der Waals surface area contributed by atoms with E-state index in [1.807, 2.05) is 36.4 Å². The Morgan fingerprint density at radius 1 is 1.10 bits per heavy atom. The van der Waals surface area contributed by atoms with E-state index in [9.17, 15) is 4.79 Å². The van der Waals surface area contributed by atoms with Gasteiger partial charge in [0.25, 0.3) is 0 Å². The van der Waals surface area contributed by atoms with Gasteiger partial charge >= 0.3 is 0 Å². The molecule has 0 bridgehead atoms. The predicted molar refractivity (Wildman–Crippen MR) is 83.7 cm³/mol. The highest BCUT2D eigenvalue weighted by atomic mass is 16.3. The summed E-state index contributed by atoms with van der Waals surface area (Å²) in [5.41, 5.74) is 4.31. The summed E-state index contributed by atoms with van der Waals surface area (Å²) in [6.07, 6.45) is 1.25. The van der Waals surface area contributed by atoms with E-state index in [1.165, 1.54) is 11.1 Å². The summed E-state index contributed by atoms with van der Waals surface area (Å²) >= 11 is 0. The number of hydrogen-bond acceptors (Lipinski definition) is 2. The Hall–Kier alpha value is -2.13. The van der Waals surface area contributed by atoms with Gasteiger partial charge < -0.3 is 10.4 Å². The van der Waals surface area contributed by atoms with E-state index in [2.05, 4.69) is 24.4 Å². The molecule has 2 aromatic rings. The van der Waals surface area contributed by atoms with E-state index in [0.29, 0.717) is 13.0 Å². The summed E-state index contributed by atoms with van der Waals surface area (Å²) < 4.78 is 0. The van der Waals surface area contributed by atoms with Crippen molar-refractivity contribution in [2.24, 2.45) is 0 Å².